The predicted octanol–water partition coefficient (Wildman–Crippen LogP) is 2.25. The fourth-order valence-corrected chi connectivity index (χ4v) is 0.954. The van der Waals surface area contributed by atoms with E-state index in [9.17, 15) is 0 Å². The Bertz CT molecular complexity index is 387. The van der Waals surface area contributed by atoms with Crippen LogP contribution >= 0.6 is 11.6 Å². The third-order valence-electron chi connectivity index (χ3n) is 1.49. The molecule has 0 fully saturated rings. The van der Waals surface area contributed by atoms with Gasteiger partial charge in [0.1, 0.15) is 5.75 Å². The quantitative estimate of drug-likeness (QED) is 0.534. The van der Waals surface area contributed by atoms with E-state index in [0.29, 0.717) is 11.3 Å². The van der Waals surface area contributed by atoms with Crippen molar-refractivity contribution in [1.82, 2.24) is 0 Å². The molecule has 0 bridgehead atoms. The molecule has 0 aromatic heterocycles. The lowest BCUT2D eigenvalue weighted by atomic mass is 10.2. The summed E-state index contributed by atoms with van der Waals surface area (Å²) in [6.45, 7) is 0. The Morgan fingerprint density at radius 3 is 2.38 bits per heavy atom. The average Bonchev–Trinajstić information content (AvgIpc) is 2.85. The minimum absolute atomic E-state index is 0.541. The summed E-state index contributed by atoms with van der Waals surface area (Å²) in [7, 11) is 0. The summed E-state index contributed by atoms with van der Waals surface area (Å²) in [5.41, 5.74) is 0.570. The van der Waals surface area contributed by atoms with Crippen LogP contribution in [0.25, 0.3) is 0 Å². The maximum absolute atomic E-state index is 8.52. The molecular formula is C8H4ClN3O. The molecule has 0 amide bonds. The molecule has 0 atom stereocenters. The van der Waals surface area contributed by atoms with E-state index in [1.165, 1.54) is 0 Å². The number of rotatable bonds is 2. The fourth-order valence-electron chi connectivity index (χ4n) is 0.828. The molecule has 0 aliphatic carbocycles. The maximum Gasteiger partial charge on any atom is 0.418 e. The molecule has 4 nitrogen and oxygen atoms in total. The molecule has 1 aliphatic heterocycles. The predicted molar refractivity (Wildman–Crippen MR) is 45.2 cm³/mol. The van der Waals surface area contributed by atoms with Gasteiger partial charge in [-0.25, -0.2) is 0 Å². The van der Waals surface area contributed by atoms with Gasteiger partial charge in [0.25, 0.3) is 0 Å². The summed E-state index contributed by atoms with van der Waals surface area (Å²) in [6.07, 6.45) is 0. The van der Waals surface area contributed by atoms with Crippen molar-refractivity contribution in [3.63, 3.8) is 0 Å². The van der Waals surface area contributed by atoms with Gasteiger partial charge >= 0.3 is 5.31 Å². The van der Waals surface area contributed by atoms with Gasteiger partial charge < -0.3 is 4.74 Å². The van der Waals surface area contributed by atoms with Gasteiger partial charge in [-0.05, 0) is 35.9 Å². The van der Waals surface area contributed by atoms with E-state index in [-0.39, 0.29) is 0 Å². The summed E-state index contributed by atoms with van der Waals surface area (Å²) < 4.78 is 5.13. The van der Waals surface area contributed by atoms with Crippen LogP contribution in [0.2, 0.25) is 0 Å². The normalized spacial score (nSPS) is 16.3. The summed E-state index contributed by atoms with van der Waals surface area (Å²) in [4.78, 5) is 0. The lowest BCUT2D eigenvalue weighted by Crippen LogP contribution is -2.10. The van der Waals surface area contributed by atoms with Crippen molar-refractivity contribution in [3.05, 3.63) is 29.8 Å². The number of halogens is 1. The van der Waals surface area contributed by atoms with Gasteiger partial charge in [0.15, 0.2) is 0 Å². The van der Waals surface area contributed by atoms with Crippen LogP contribution in [0.1, 0.15) is 5.56 Å². The Hall–Kier alpha value is -1.60. The van der Waals surface area contributed by atoms with Crippen LogP contribution in [0, 0.1) is 11.3 Å². The lowest BCUT2D eigenvalue weighted by Gasteiger charge is -2.05. The van der Waals surface area contributed by atoms with Crippen molar-refractivity contribution in [2.45, 2.75) is 5.31 Å². The molecule has 1 heterocycles. The number of ether oxygens (including phenoxy) is 1. The molecule has 64 valence electrons. The Morgan fingerprint density at radius 2 is 1.92 bits per heavy atom. The average molecular weight is 194 g/mol. The van der Waals surface area contributed by atoms with Crippen LogP contribution < -0.4 is 4.74 Å². The monoisotopic (exact) mass is 193 g/mol. The third kappa shape index (κ3) is 1.76. The topological polar surface area (TPSA) is 57.7 Å². The molecule has 1 aromatic rings. The first kappa shape index (κ1) is 8.02. The SMILES string of the molecule is N#Cc1ccc(OC2(Cl)N=N2)cc1. The number of hydrogen-bond acceptors (Lipinski definition) is 4. The second-order valence-corrected chi connectivity index (χ2v) is 2.96. The molecule has 13 heavy (non-hydrogen) atoms. The number of benzene rings is 1. The van der Waals surface area contributed by atoms with Crippen molar-refractivity contribution in [3.8, 4) is 11.8 Å². The number of nitriles is 1. The Kier molecular flexibility index (Phi) is 1.67. The van der Waals surface area contributed by atoms with Gasteiger partial charge in [-0.2, -0.15) is 5.26 Å². The molecule has 0 radical (unpaired) electrons. The highest BCUT2D eigenvalue weighted by Crippen LogP contribution is 2.35. The Balaban J connectivity index is 2.11. The van der Waals surface area contributed by atoms with E-state index in [2.05, 4.69) is 10.2 Å². The van der Waals surface area contributed by atoms with Gasteiger partial charge in [-0.15, -0.1) is 0 Å². The van der Waals surface area contributed by atoms with Crippen LogP contribution in [0.5, 0.6) is 5.75 Å². The van der Waals surface area contributed by atoms with E-state index in [1.54, 1.807) is 24.3 Å². The molecule has 0 saturated carbocycles. The zero-order chi connectivity index (χ0) is 9.31. The highest BCUT2D eigenvalue weighted by Gasteiger charge is 2.40. The molecule has 1 aromatic carbocycles. The number of hydrogen-bond donors (Lipinski definition) is 0. The fraction of sp³-hybridized carbons (Fsp3) is 0.125. The highest BCUT2D eigenvalue weighted by atomic mass is 35.5. The number of alkyl halides is 1. The summed E-state index contributed by atoms with van der Waals surface area (Å²) in [5, 5.41) is 14.3. The minimum atomic E-state index is -1.21. The van der Waals surface area contributed by atoms with Crippen LogP contribution in [0.3, 0.4) is 0 Å². The summed E-state index contributed by atoms with van der Waals surface area (Å²) in [5.74, 6) is 0.541. The summed E-state index contributed by atoms with van der Waals surface area (Å²) in [6, 6.07) is 8.56. The molecule has 2 rings (SSSR count). The molecule has 0 spiro atoms. The molecule has 1 aliphatic rings. The minimum Gasteiger partial charge on any atom is -0.432 e. The van der Waals surface area contributed by atoms with Crippen LogP contribution in [0.4, 0.5) is 0 Å². The second-order valence-electron chi connectivity index (χ2n) is 2.47. The molecule has 0 unspecified atom stereocenters. The zero-order valence-corrected chi connectivity index (χ0v) is 7.19. The van der Waals surface area contributed by atoms with Crippen molar-refractivity contribution in [2.24, 2.45) is 10.2 Å². The van der Waals surface area contributed by atoms with Gasteiger partial charge in [-0.3, -0.25) is 0 Å². The Labute approximate surface area is 79.4 Å². The second kappa shape index (κ2) is 2.71. The zero-order valence-electron chi connectivity index (χ0n) is 6.44. The highest BCUT2D eigenvalue weighted by molar-refractivity contribution is 6.23. The lowest BCUT2D eigenvalue weighted by molar-refractivity contribution is 0.246. The van der Waals surface area contributed by atoms with E-state index >= 15 is 0 Å². The van der Waals surface area contributed by atoms with Crippen molar-refractivity contribution in [2.75, 3.05) is 0 Å². The molecular weight excluding hydrogens is 190 g/mol. The van der Waals surface area contributed by atoms with Gasteiger partial charge in [-0.1, -0.05) is 10.2 Å². The smallest absolute Gasteiger partial charge is 0.418 e. The molecule has 0 N–H and O–H groups in total. The van der Waals surface area contributed by atoms with Crippen molar-refractivity contribution >= 4 is 11.6 Å². The van der Waals surface area contributed by atoms with Gasteiger partial charge in [0.05, 0.1) is 11.6 Å². The number of nitrogens with zero attached hydrogens (tertiary/aromatic N) is 3. The van der Waals surface area contributed by atoms with Crippen molar-refractivity contribution in [1.29, 1.82) is 5.26 Å². The van der Waals surface area contributed by atoms with Crippen molar-refractivity contribution < 1.29 is 4.74 Å². The Morgan fingerprint density at radius 1 is 1.31 bits per heavy atom. The summed E-state index contributed by atoms with van der Waals surface area (Å²) >= 11 is 5.63. The molecule has 5 heteroatoms. The largest absolute Gasteiger partial charge is 0.432 e. The van der Waals surface area contributed by atoms with Gasteiger partial charge in [0, 0.05) is 0 Å². The van der Waals surface area contributed by atoms with Crippen LogP contribution in [-0.4, -0.2) is 5.31 Å². The first-order valence-corrected chi connectivity index (χ1v) is 3.92. The maximum atomic E-state index is 8.52. The van der Waals surface area contributed by atoms with E-state index < -0.39 is 5.31 Å². The third-order valence-corrected chi connectivity index (χ3v) is 1.72. The van der Waals surface area contributed by atoms with Gasteiger partial charge in [0.2, 0.25) is 0 Å². The van der Waals surface area contributed by atoms with Crippen LogP contribution in [-0.2, 0) is 0 Å². The standard InChI is InChI=1S/C8H4ClN3O/c9-8(11-12-8)13-7-3-1-6(5-10)2-4-7/h1-4H. The first-order chi connectivity index (χ1) is 6.22. The van der Waals surface area contributed by atoms with E-state index in [0.717, 1.165) is 0 Å². The first-order valence-electron chi connectivity index (χ1n) is 3.54. The van der Waals surface area contributed by atoms with E-state index in [4.69, 9.17) is 21.6 Å². The molecule has 0 saturated heterocycles. The van der Waals surface area contributed by atoms with E-state index in [1.807, 2.05) is 6.07 Å². The van der Waals surface area contributed by atoms with Crippen LogP contribution in [0.15, 0.2) is 34.5 Å².